The molecule has 0 spiro atoms. The minimum atomic E-state index is 0.0585. The summed E-state index contributed by atoms with van der Waals surface area (Å²) in [6.07, 6.45) is 1.80. The van der Waals surface area contributed by atoms with Gasteiger partial charge in [0.25, 0.3) is 5.56 Å². The summed E-state index contributed by atoms with van der Waals surface area (Å²) in [6, 6.07) is 5.20. The van der Waals surface area contributed by atoms with Crippen LogP contribution < -0.4 is 10.9 Å². The monoisotopic (exact) mass is 244 g/mol. The molecule has 3 nitrogen and oxygen atoms in total. The van der Waals surface area contributed by atoms with Crippen molar-refractivity contribution in [1.29, 1.82) is 0 Å². The number of alkyl halides is 1. The Labute approximate surface area is 85.9 Å². The molecule has 1 N–H and O–H groups in total. The van der Waals surface area contributed by atoms with Gasteiger partial charge in [0.2, 0.25) is 0 Å². The summed E-state index contributed by atoms with van der Waals surface area (Å²) in [6.45, 7) is 2.49. The Kier molecular flexibility index (Phi) is 4.78. The number of nitrogens with one attached hydrogen (secondary N) is 1. The van der Waals surface area contributed by atoms with E-state index in [0.29, 0.717) is 0 Å². The van der Waals surface area contributed by atoms with Crippen molar-refractivity contribution < 1.29 is 0 Å². The van der Waals surface area contributed by atoms with Crippen LogP contribution in [0.15, 0.2) is 29.2 Å². The van der Waals surface area contributed by atoms with Gasteiger partial charge in [-0.05, 0) is 6.07 Å². The van der Waals surface area contributed by atoms with Gasteiger partial charge in [0.05, 0.1) is 0 Å². The van der Waals surface area contributed by atoms with Crippen LogP contribution in [0.1, 0.15) is 0 Å². The van der Waals surface area contributed by atoms with E-state index in [1.807, 2.05) is 6.07 Å². The Balaban J connectivity index is 2.37. The van der Waals surface area contributed by atoms with Crippen LogP contribution >= 0.6 is 15.9 Å². The van der Waals surface area contributed by atoms with Crippen molar-refractivity contribution in [2.45, 2.75) is 6.54 Å². The molecule has 0 atom stereocenters. The van der Waals surface area contributed by atoms with Crippen molar-refractivity contribution >= 4 is 15.9 Å². The highest BCUT2D eigenvalue weighted by Gasteiger charge is 1.91. The quantitative estimate of drug-likeness (QED) is 0.616. The fraction of sp³-hybridized carbons (Fsp3) is 0.444. The van der Waals surface area contributed by atoms with Gasteiger partial charge in [-0.1, -0.05) is 22.0 Å². The molecule has 13 heavy (non-hydrogen) atoms. The standard InChI is InChI=1S/C9H13BrN2O/c10-4-5-11-6-8-12-7-2-1-3-9(12)13/h1-3,7,11H,4-6,8H2. The van der Waals surface area contributed by atoms with Gasteiger partial charge in [0, 0.05) is 37.2 Å². The second-order valence-electron chi connectivity index (χ2n) is 2.67. The molecular formula is C9H13BrN2O. The lowest BCUT2D eigenvalue weighted by Crippen LogP contribution is -2.26. The summed E-state index contributed by atoms with van der Waals surface area (Å²) in [5.41, 5.74) is 0.0585. The second-order valence-corrected chi connectivity index (χ2v) is 3.46. The van der Waals surface area contributed by atoms with E-state index >= 15 is 0 Å². The maximum Gasteiger partial charge on any atom is 0.250 e. The minimum Gasteiger partial charge on any atom is -0.314 e. The van der Waals surface area contributed by atoms with Crippen LogP contribution in [-0.4, -0.2) is 23.0 Å². The molecule has 0 radical (unpaired) electrons. The first-order valence-electron chi connectivity index (χ1n) is 4.27. The molecule has 1 aromatic rings. The lowest BCUT2D eigenvalue weighted by Gasteiger charge is -2.04. The molecule has 1 heterocycles. The normalized spacial score (nSPS) is 10.2. The molecule has 0 aromatic carbocycles. The van der Waals surface area contributed by atoms with Crippen LogP contribution in [0.4, 0.5) is 0 Å². The van der Waals surface area contributed by atoms with Gasteiger partial charge in [-0.2, -0.15) is 0 Å². The molecule has 0 aliphatic carbocycles. The van der Waals surface area contributed by atoms with E-state index in [1.165, 1.54) is 0 Å². The maximum atomic E-state index is 11.2. The predicted octanol–water partition coefficient (Wildman–Crippen LogP) is 0.833. The smallest absolute Gasteiger partial charge is 0.250 e. The zero-order valence-corrected chi connectivity index (χ0v) is 8.96. The van der Waals surface area contributed by atoms with Crippen LogP contribution in [0.2, 0.25) is 0 Å². The first-order valence-corrected chi connectivity index (χ1v) is 5.39. The fourth-order valence-electron chi connectivity index (χ4n) is 1.04. The van der Waals surface area contributed by atoms with Crippen molar-refractivity contribution in [2.24, 2.45) is 0 Å². The SMILES string of the molecule is O=c1ccccn1CCNCCBr. The summed E-state index contributed by atoms with van der Waals surface area (Å²) in [4.78, 5) is 11.2. The average molecular weight is 245 g/mol. The summed E-state index contributed by atoms with van der Waals surface area (Å²) in [7, 11) is 0. The molecule has 0 aliphatic rings. The number of pyridine rings is 1. The number of hydrogen-bond donors (Lipinski definition) is 1. The van der Waals surface area contributed by atoms with Crippen LogP contribution in [0.5, 0.6) is 0 Å². The van der Waals surface area contributed by atoms with Gasteiger partial charge in [-0.15, -0.1) is 0 Å². The van der Waals surface area contributed by atoms with Gasteiger partial charge in [-0.25, -0.2) is 0 Å². The molecule has 0 unspecified atom stereocenters. The third-order valence-corrected chi connectivity index (χ3v) is 2.10. The van der Waals surface area contributed by atoms with Gasteiger partial charge in [0.15, 0.2) is 0 Å². The Morgan fingerprint density at radius 2 is 2.23 bits per heavy atom. The van der Waals surface area contributed by atoms with Crippen molar-refractivity contribution in [3.63, 3.8) is 0 Å². The first-order chi connectivity index (χ1) is 6.34. The fourth-order valence-corrected chi connectivity index (χ4v) is 1.32. The van der Waals surface area contributed by atoms with Crippen LogP contribution in [-0.2, 0) is 6.54 Å². The van der Waals surface area contributed by atoms with Gasteiger partial charge in [0.1, 0.15) is 0 Å². The highest BCUT2D eigenvalue weighted by Crippen LogP contribution is 1.81. The number of nitrogens with zero attached hydrogens (tertiary/aromatic N) is 1. The third-order valence-electron chi connectivity index (χ3n) is 1.70. The summed E-state index contributed by atoms with van der Waals surface area (Å²) >= 11 is 3.32. The summed E-state index contributed by atoms with van der Waals surface area (Å²) in [5.74, 6) is 0. The number of hydrogen-bond acceptors (Lipinski definition) is 2. The topological polar surface area (TPSA) is 34.0 Å². The van der Waals surface area contributed by atoms with Crippen LogP contribution in [0.25, 0.3) is 0 Å². The number of rotatable bonds is 5. The lowest BCUT2D eigenvalue weighted by atomic mass is 10.4. The van der Waals surface area contributed by atoms with Gasteiger partial charge in [-0.3, -0.25) is 4.79 Å². The Hall–Kier alpha value is -0.610. The first kappa shape index (κ1) is 10.5. The van der Waals surface area contributed by atoms with Crippen molar-refractivity contribution in [3.8, 4) is 0 Å². The molecule has 1 aromatic heterocycles. The molecule has 0 saturated carbocycles. The zero-order chi connectivity index (χ0) is 9.52. The lowest BCUT2D eigenvalue weighted by molar-refractivity contribution is 0.601. The minimum absolute atomic E-state index is 0.0585. The highest BCUT2D eigenvalue weighted by atomic mass is 79.9. The Morgan fingerprint density at radius 1 is 1.38 bits per heavy atom. The molecular weight excluding hydrogens is 232 g/mol. The molecule has 1 rings (SSSR count). The van der Waals surface area contributed by atoms with Crippen LogP contribution in [0, 0.1) is 0 Å². The van der Waals surface area contributed by atoms with E-state index in [9.17, 15) is 4.79 Å². The second kappa shape index (κ2) is 5.94. The van der Waals surface area contributed by atoms with Crippen molar-refractivity contribution in [3.05, 3.63) is 34.7 Å². The molecule has 0 saturated heterocycles. The van der Waals surface area contributed by atoms with Gasteiger partial charge < -0.3 is 9.88 Å². The average Bonchev–Trinajstić information content (AvgIpc) is 2.15. The zero-order valence-electron chi connectivity index (χ0n) is 7.37. The summed E-state index contributed by atoms with van der Waals surface area (Å²) in [5, 5.41) is 4.15. The molecule has 0 amide bonds. The molecule has 72 valence electrons. The van der Waals surface area contributed by atoms with E-state index in [-0.39, 0.29) is 5.56 Å². The number of aromatic nitrogens is 1. The van der Waals surface area contributed by atoms with E-state index in [0.717, 1.165) is 25.0 Å². The van der Waals surface area contributed by atoms with E-state index < -0.39 is 0 Å². The van der Waals surface area contributed by atoms with Crippen molar-refractivity contribution in [1.82, 2.24) is 9.88 Å². The van der Waals surface area contributed by atoms with E-state index in [1.54, 1.807) is 22.9 Å². The summed E-state index contributed by atoms with van der Waals surface area (Å²) < 4.78 is 1.70. The van der Waals surface area contributed by atoms with E-state index in [4.69, 9.17) is 0 Å². The molecule has 0 bridgehead atoms. The largest absolute Gasteiger partial charge is 0.314 e. The molecule has 0 fully saturated rings. The van der Waals surface area contributed by atoms with Gasteiger partial charge >= 0.3 is 0 Å². The number of halogens is 1. The predicted molar refractivity (Wildman–Crippen MR) is 57.4 cm³/mol. The van der Waals surface area contributed by atoms with Crippen LogP contribution in [0.3, 0.4) is 0 Å². The molecule has 4 heteroatoms. The maximum absolute atomic E-state index is 11.2. The Bertz CT molecular complexity index is 298. The van der Waals surface area contributed by atoms with E-state index in [2.05, 4.69) is 21.2 Å². The van der Waals surface area contributed by atoms with Crippen molar-refractivity contribution in [2.75, 3.05) is 18.4 Å². The third kappa shape index (κ3) is 3.74. The highest BCUT2D eigenvalue weighted by molar-refractivity contribution is 9.09. The molecule has 0 aliphatic heterocycles. The Morgan fingerprint density at radius 3 is 2.92 bits per heavy atom.